The minimum atomic E-state index is -3.28. The number of amides is 1. The highest BCUT2D eigenvalue weighted by Gasteiger charge is 2.52. The average molecular weight is 450 g/mol. The van der Waals surface area contributed by atoms with E-state index in [4.69, 9.17) is 0 Å². The first-order valence-corrected chi connectivity index (χ1v) is 12.2. The lowest BCUT2D eigenvalue weighted by molar-refractivity contribution is -0.148. The molecule has 0 unspecified atom stereocenters. The Hall–Kier alpha value is -1.79. The molecule has 1 saturated heterocycles. The fraction of sp³-hybridized carbons (Fsp3) is 0.560. The van der Waals surface area contributed by atoms with Crippen LogP contribution in [0.3, 0.4) is 0 Å². The predicted octanol–water partition coefficient (Wildman–Crippen LogP) is 5.72. The molecule has 0 bridgehead atoms. The first-order valence-electron chi connectivity index (χ1n) is 11.3. The van der Waals surface area contributed by atoms with Crippen LogP contribution in [0, 0.1) is 5.92 Å². The highest BCUT2D eigenvalue weighted by atomic mass is 32.1. The largest absolute Gasteiger partial charge is 0.393 e. The topological polar surface area (TPSA) is 40.5 Å². The van der Waals surface area contributed by atoms with Crippen molar-refractivity contribution in [1.82, 2.24) is 4.90 Å². The monoisotopic (exact) mass is 449 g/mol. The number of rotatable bonds is 12. The molecule has 3 atom stereocenters. The van der Waals surface area contributed by atoms with Crippen LogP contribution in [0.2, 0.25) is 0 Å². The number of nitrogens with zero attached hydrogens (tertiary/aromatic N) is 1. The molecule has 31 heavy (non-hydrogen) atoms. The molecule has 2 heterocycles. The highest BCUT2D eigenvalue weighted by molar-refractivity contribution is 7.09. The van der Waals surface area contributed by atoms with Crippen LogP contribution in [0.5, 0.6) is 0 Å². The van der Waals surface area contributed by atoms with Crippen molar-refractivity contribution in [2.45, 2.75) is 76.4 Å². The fourth-order valence-corrected chi connectivity index (χ4v) is 5.15. The molecule has 2 aromatic rings. The van der Waals surface area contributed by atoms with Gasteiger partial charge in [0.15, 0.2) is 0 Å². The Bertz CT molecular complexity index is 797. The molecule has 0 radical (unpaired) electrons. The number of carbonyl (C=O) groups excluding carboxylic acids is 1. The van der Waals surface area contributed by atoms with Gasteiger partial charge in [0.1, 0.15) is 0 Å². The van der Waals surface area contributed by atoms with Gasteiger partial charge in [-0.25, -0.2) is 0 Å². The summed E-state index contributed by atoms with van der Waals surface area (Å²) in [6, 6.07) is 13.8. The number of hydrogen-bond acceptors (Lipinski definition) is 3. The van der Waals surface area contributed by atoms with Gasteiger partial charge in [-0.1, -0.05) is 43.3 Å². The minimum absolute atomic E-state index is 0.105. The van der Waals surface area contributed by atoms with Crippen molar-refractivity contribution in [3.05, 3.63) is 58.3 Å². The lowest BCUT2D eigenvalue weighted by Gasteiger charge is -2.26. The van der Waals surface area contributed by atoms with Gasteiger partial charge in [0, 0.05) is 23.9 Å². The van der Waals surface area contributed by atoms with Crippen LogP contribution in [-0.4, -0.2) is 40.5 Å². The maximum atomic E-state index is 14.1. The molecule has 1 N–H and O–H groups in total. The number of aliphatic hydroxyl groups is 1. The van der Waals surface area contributed by atoms with Crippen LogP contribution in [0.15, 0.2) is 47.8 Å². The summed E-state index contributed by atoms with van der Waals surface area (Å²) in [5, 5.41) is 12.6. The van der Waals surface area contributed by atoms with Crippen LogP contribution >= 0.6 is 11.3 Å². The lowest BCUT2D eigenvalue weighted by Crippen LogP contribution is -2.37. The fourth-order valence-electron chi connectivity index (χ4n) is 4.40. The van der Waals surface area contributed by atoms with Crippen molar-refractivity contribution in [3.8, 4) is 0 Å². The predicted molar refractivity (Wildman–Crippen MR) is 121 cm³/mol. The lowest BCUT2D eigenvalue weighted by atomic mass is 9.92. The van der Waals surface area contributed by atoms with E-state index in [1.165, 1.54) is 15.3 Å². The molecule has 1 fully saturated rings. The molecular formula is C25H33F2NO2S. The maximum Gasteiger partial charge on any atom is 0.326 e. The second kappa shape index (κ2) is 11.2. The van der Waals surface area contributed by atoms with Gasteiger partial charge < -0.3 is 10.0 Å². The van der Waals surface area contributed by atoms with Gasteiger partial charge in [-0.15, -0.1) is 11.3 Å². The summed E-state index contributed by atoms with van der Waals surface area (Å²) in [7, 11) is 0. The molecule has 0 aliphatic carbocycles. The number of halogens is 2. The van der Waals surface area contributed by atoms with Crippen molar-refractivity contribution < 1.29 is 18.7 Å². The quantitative estimate of drug-likeness (QED) is 0.450. The number of hydrogen-bond donors (Lipinski definition) is 1. The van der Waals surface area contributed by atoms with Gasteiger partial charge in [0.05, 0.1) is 6.10 Å². The van der Waals surface area contributed by atoms with Crippen LogP contribution in [-0.2, 0) is 17.6 Å². The second-order valence-corrected chi connectivity index (χ2v) is 9.78. The maximum absolute atomic E-state index is 14.1. The van der Waals surface area contributed by atoms with Gasteiger partial charge in [0.2, 0.25) is 0 Å². The third kappa shape index (κ3) is 6.84. The van der Waals surface area contributed by atoms with E-state index in [-0.39, 0.29) is 5.92 Å². The summed E-state index contributed by atoms with van der Waals surface area (Å²) in [5.41, 5.74) is 1.29. The molecule has 1 amide bonds. The number of alkyl halides is 2. The van der Waals surface area contributed by atoms with E-state index in [1.54, 1.807) is 11.3 Å². The molecule has 0 spiro atoms. The minimum Gasteiger partial charge on any atom is -0.393 e. The first kappa shape index (κ1) is 23.9. The van der Waals surface area contributed by atoms with Gasteiger partial charge in [-0.2, -0.15) is 8.78 Å². The normalized spacial score (nSPS) is 20.2. The summed E-state index contributed by atoms with van der Waals surface area (Å²) >= 11 is 1.64. The molecule has 3 rings (SSSR count). The third-order valence-electron chi connectivity index (χ3n) is 6.33. The van der Waals surface area contributed by atoms with E-state index in [9.17, 15) is 18.7 Å². The van der Waals surface area contributed by atoms with Crippen molar-refractivity contribution >= 4 is 17.2 Å². The van der Waals surface area contributed by atoms with Crippen molar-refractivity contribution in [2.24, 2.45) is 5.92 Å². The summed E-state index contributed by atoms with van der Waals surface area (Å²) in [6.07, 6.45) is 4.22. The van der Waals surface area contributed by atoms with Gasteiger partial charge in [-0.3, -0.25) is 4.79 Å². The number of benzene rings is 1. The Morgan fingerprint density at radius 3 is 2.61 bits per heavy atom. The molecule has 1 aromatic carbocycles. The molecule has 1 aliphatic rings. The molecule has 1 aromatic heterocycles. The molecule has 170 valence electrons. The van der Waals surface area contributed by atoms with Crippen LogP contribution in [0.25, 0.3) is 0 Å². The van der Waals surface area contributed by atoms with Crippen LogP contribution < -0.4 is 0 Å². The first-order chi connectivity index (χ1) is 14.9. The summed E-state index contributed by atoms with van der Waals surface area (Å²) in [6.45, 7) is 2.36. The summed E-state index contributed by atoms with van der Waals surface area (Å²) < 4.78 is 28.2. The molecule has 0 saturated carbocycles. The Morgan fingerprint density at radius 1 is 1.13 bits per heavy atom. The second-order valence-electron chi connectivity index (χ2n) is 8.74. The van der Waals surface area contributed by atoms with Gasteiger partial charge in [0.25, 0.3) is 5.91 Å². The van der Waals surface area contributed by atoms with E-state index in [0.717, 1.165) is 25.7 Å². The Morgan fingerprint density at radius 2 is 1.90 bits per heavy atom. The van der Waals surface area contributed by atoms with Crippen LogP contribution in [0.1, 0.15) is 55.9 Å². The van der Waals surface area contributed by atoms with Crippen molar-refractivity contribution in [2.75, 3.05) is 6.54 Å². The van der Waals surface area contributed by atoms with E-state index in [1.807, 2.05) is 42.6 Å². The molecule has 6 heteroatoms. The van der Waals surface area contributed by atoms with E-state index in [0.29, 0.717) is 25.8 Å². The Labute approximate surface area is 188 Å². The van der Waals surface area contributed by atoms with Crippen LogP contribution in [0.4, 0.5) is 8.78 Å². The molecule has 3 nitrogen and oxygen atoms in total. The molecular weight excluding hydrogens is 416 g/mol. The summed E-state index contributed by atoms with van der Waals surface area (Å²) in [5.74, 6) is -4.22. The van der Waals surface area contributed by atoms with Crippen molar-refractivity contribution in [1.29, 1.82) is 0 Å². The number of aliphatic hydroxyl groups excluding tert-OH is 1. The SMILES string of the molecule is C[C@H](CCCc1ccccc1)[C@H](O)CC[C@H]1CC(F)(F)C(=O)N1CCCc1cccs1. The van der Waals surface area contributed by atoms with E-state index < -0.39 is 30.4 Å². The zero-order valence-electron chi connectivity index (χ0n) is 18.2. The third-order valence-corrected chi connectivity index (χ3v) is 7.27. The van der Waals surface area contributed by atoms with Crippen molar-refractivity contribution in [3.63, 3.8) is 0 Å². The number of carbonyl (C=O) groups is 1. The van der Waals surface area contributed by atoms with E-state index >= 15 is 0 Å². The standard InChI is InChI=1S/C25H33F2NO2S/c1-19(8-5-11-20-9-3-2-4-10-20)23(29)15-14-21-18-25(26,27)24(30)28(21)16-6-12-22-13-7-17-31-22/h2-4,7,9-10,13,17,19,21,23,29H,5-6,8,11-12,14-16,18H2,1H3/t19-,21+,23-/m1/s1. The zero-order valence-corrected chi connectivity index (χ0v) is 19.0. The Kier molecular flexibility index (Phi) is 8.61. The smallest absolute Gasteiger partial charge is 0.326 e. The summed E-state index contributed by atoms with van der Waals surface area (Å²) in [4.78, 5) is 14.8. The number of thiophene rings is 1. The Balaban J connectivity index is 1.44. The number of aryl methyl sites for hydroxylation is 2. The van der Waals surface area contributed by atoms with Gasteiger partial charge >= 0.3 is 5.92 Å². The van der Waals surface area contributed by atoms with E-state index in [2.05, 4.69) is 12.1 Å². The highest BCUT2D eigenvalue weighted by Crippen LogP contribution is 2.36. The average Bonchev–Trinajstić information content (AvgIpc) is 3.34. The number of likely N-dealkylation sites (tertiary alicyclic amines) is 1. The van der Waals surface area contributed by atoms with Gasteiger partial charge in [-0.05, 0) is 67.9 Å². The molecule has 1 aliphatic heterocycles. The zero-order chi connectivity index (χ0) is 22.3.